The van der Waals surface area contributed by atoms with E-state index in [1.807, 2.05) is 6.07 Å². The average molecular weight is 297 g/mol. The fourth-order valence-electron chi connectivity index (χ4n) is 2.60. The van der Waals surface area contributed by atoms with Crippen molar-refractivity contribution in [2.24, 2.45) is 0 Å². The van der Waals surface area contributed by atoms with Crippen LogP contribution in [0.5, 0.6) is 0 Å². The minimum atomic E-state index is 0.558. The van der Waals surface area contributed by atoms with Crippen molar-refractivity contribution in [1.29, 1.82) is 0 Å². The average Bonchev–Trinajstić information content (AvgIpc) is 2.46. The maximum atomic E-state index is 6.12. The first kappa shape index (κ1) is 15.5. The molecule has 1 saturated heterocycles. The van der Waals surface area contributed by atoms with Crippen LogP contribution in [0.15, 0.2) is 6.07 Å². The lowest BCUT2D eigenvalue weighted by molar-refractivity contribution is 0.192. The molecule has 0 saturated carbocycles. The molecule has 1 unspecified atom stereocenters. The number of aryl methyl sites for hydroxylation is 1. The summed E-state index contributed by atoms with van der Waals surface area (Å²) in [4.78, 5) is 13.8. The highest BCUT2D eigenvalue weighted by atomic mass is 35.5. The predicted molar refractivity (Wildman–Crippen MR) is 84.6 cm³/mol. The van der Waals surface area contributed by atoms with Gasteiger partial charge in [0, 0.05) is 44.7 Å². The van der Waals surface area contributed by atoms with Crippen LogP contribution in [0, 0.1) is 0 Å². The number of piperazine rings is 1. The first-order chi connectivity index (χ1) is 9.63. The van der Waals surface area contributed by atoms with Gasteiger partial charge in [0.25, 0.3) is 0 Å². The number of nitrogens with zero attached hydrogens (tertiary/aromatic N) is 4. The number of anilines is 1. The van der Waals surface area contributed by atoms with Gasteiger partial charge in [0.1, 0.15) is 16.8 Å². The second-order valence-electron chi connectivity index (χ2n) is 5.50. The van der Waals surface area contributed by atoms with Gasteiger partial charge in [-0.2, -0.15) is 0 Å². The molecule has 1 aliphatic heterocycles. The Morgan fingerprint density at radius 1 is 1.20 bits per heavy atom. The van der Waals surface area contributed by atoms with Gasteiger partial charge in [0.15, 0.2) is 0 Å². The van der Waals surface area contributed by atoms with Crippen LogP contribution in [-0.2, 0) is 6.42 Å². The third kappa shape index (κ3) is 3.83. The van der Waals surface area contributed by atoms with E-state index in [9.17, 15) is 0 Å². The van der Waals surface area contributed by atoms with Gasteiger partial charge in [-0.25, -0.2) is 9.97 Å². The molecule has 0 amide bonds. The Labute approximate surface area is 127 Å². The molecule has 2 rings (SSSR count). The smallest absolute Gasteiger partial charge is 0.134 e. The van der Waals surface area contributed by atoms with Gasteiger partial charge in [-0.15, -0.1) is 0 Å². The van der Waals surface area contributed by atoms with Gasteiger partial charge >= 0.3 is 0 Å². The Kier molecular flexibility index (Phi) is 5.61. The normalized spacial score (nSPS) is 18.3. The fraction of sp³-hybridized carbons (Fsp3) is 0.733. The Morgan fingerprint density at radius 2 is 1.90 bits per heavy atom. The summed E-state index contributed by atoms with van der Waals surface area (Å²) < 4.78 is 0. The van der Waals surface area contributed by atoms with Crippen molar-refractivity contribution in [3.05, 3.63) is 17.0 Å². The first-order valence-electron chi connectivity index (χ1n) is 7.66. The number of halogens is 1. The van der Waals surface area contributed by atoms with Gasteiger partial charge in [-0.3, -0.25) is 4.90 Å². The molecule has 1 atom stereocenters. The molecular weight excluding hydrogens is 272 g/mol. The van der Waals surface area contributed by atoms with E-state index in [-0.39, 0.29) is 0 Å². The lowest BCUT2D eigenvalue weighted by atomic mass is 10.2. The van der Waals surface area contributed by atoms with Crippen molar-refractivity contribution in [3.63, 3.8) is 0 Å². The number of hydrogen-bond donors (Lipinski definition) is 0. The summed E-state index contributed by atoms with van der Waals surface area (Å²) in [6.07, 6.45) is 3.14. The van der Waals surface area contributed by atoms with Crippen molar-refractivity contribution in [3.8, 4) is 0 Å². The molecule has 4 nitrogen and oxygen atoms in total. The lowest BCUT2D eigenvalue weighted by Gasteiger charge is -2.38. The molecule has 2 heterocycles. The van der Waals surface area contributed by atoms with Gasteiger partial charge < -0.3 is 4.90 Å². The topological polar surface area (TPSA) is 32.3 Å². The summed E-state index contributed by atoms with van der Waals surface area (Å²) in [5.74, 6) is 1.84. The van der Waals surface area contributed by atoms with Crippen molar-refractivity contribution in [2.75, 3.05) is 31.1 Å². The molecule has 0 spiro atoms. The molecule has 1 aromatic rings. The van der Waals surface area contributed by atoms with Crippen LogP contribution in [0.25, 0.3) is 0 Å². The molecular formula is C15H25ClN4. The van der Waals surface area contributed by atoms with E-state index in [0.717, 1.165) is 50.7 Å². The van der Waals surface area contributed by atoms with Crippen LogP contribution in [0.4, 0.5) is 5.82 Å². The maximum absolute atomic E-state index is 6.12. The van der Waals surface area contributed by atoms with E-state index in [2.05, 4.69) is 40.5 Å². The molecule has 1 aromatic heterocycles. The molecule has 20 heavy (non-hydrogen) atoms. The first-order valence-corrected chi connectivity index (χ1v) is 8.04. The second-order valence-corrected chi connectivity index (χ2v) is 5.88. The fourth-order valence-corrected chi connectivity index (χ4v) is 2.79. The van der Waals surface area contributed by atoms with Gasteiger partial charge in [-0.1, -0.05) is 25.4 Å². The SMILES string of the molecule is CCCc1nc(Cl)cc(N2CCN(C(C)CC)CC2)n1. The number of aromatic nitrogens is 2. The Hall–Kier alpha value is -0.870. The van der Waals surface area contributed by atoms with Gasteiger partial charge in [-0.05, 0) is 19.8 Å². The molecule has 0 radical (unpaired) electrons. The van der Waals surface area contributed by atoms with Crippen LogP contribution in [-0.4, -0.2) is 47.1 Å². The van der Waals surface area contributed by atoms with Crippen molar-refractivity contribution < 1.29 is 0 Å². The van der Waals surface area contributed by atoms with Crippen LogP contribution < -0.4 is 4.90 Å². The molecule has 0 aromatic carbocycles. The summed E-state index contributed by atoms with van der Waals surface area (Å²) in [7, 11) is 0. The van der Waals surface area contributed by atoms with Crippen molar-refractivity contribution >= 4 is 17.4 Å². The molecule has 1 aliphatic rings. The summed E-state index contributed by atoms with van der Waals surface area (Å²) in [6.45, 7) is 10.9. The standard InChI is InChI=1S/C15H25ClN4/c1-4-6-14-17-13(16)11-15(18-14)20-9-7-19(8-10-20)12(3)5-2/h11-12H,4-10H2,1-3H3. The van der Waals surface area contributed by atoms with Gasteiger partial charge in [0.05, 0.1) is 0 Å². The van der Waals surface area contributed by atoms with Crippen molar-refractivity contribution in [1.82, 2.24) is 14.9 Å². The lowest BCUT2D eigenvalue weighted by Crippen LogP contribution is -2.49. The molecule has 5 heteroatoms. The summed E-state index contributed by atoms with van der Waals surface area (Å²) in [5.41, 5.74) is 0. The zero-order valence-corrected chi connectivity index (χ0v) is 13.5. The van der Waals surface area contributed by atoms with E-state index in [4.69, 9.17) is 11.6 Å². The monoisotopic (exact) mass is 296 g/mol. The highest BCUT2D eigenvalue weighted by Gasteiger charge is 2.21. The summed E-state index contributed by atoms with van der Waals surface area (Å²) in [6, 6.07) is 2.56. The minimum Gasteiger partial charge on any atom is -0.354 e. The Balaban J connectivity index is 2.03. The van der Waals surface area contributed by atoms with E-state index in [0.29, 0.717) is 11.2 Å². The molecule has 0 N–H and O–H groups in total. The highest BCUT2D eigenvalue weighted by Crippen LogP contribution is 2.19. The van der Waals surface area contributed by atoms with Crippen LogP contribution >= 0.6 is 11.6 Å². The quantitative estimate of drug-likeness (QED) is 0.782. The highest BCUT2D eigenvalue weighted by molar-refractivity contribution is 6.29. The maximum Gasteiger partial charge on any atom is 0.134 e. The van der Waals surface area contributed by atoms with Crippen LogP contribution in [0.2, 0.25) is 5.15 Å². The molecule has 1 fully saturated rings. The molecule has 0 aliphatic carbocycles. The van der Waals surface area contributed by atoms with Crippen LogP contribution in [0.1, 0.15) is 39.4 Å². The molecule has 0 bridgehead atoms. The third-order valence-electron chi connectivity index (χ3n) is 4.05. The second kappa shape index (κ2) is 7.23. The van der Waals surface area contributed by atoms with E-state index in [1.54, 1.807) is 0 Å². The Bertz CT molecular complexity index is 430. The van der Waals surface area contributed by atoms with Gasteiger partial charge in [0.2, 0.25) is 0 Å². The number of rotatable bonds is 5. The zero-order chi connectivity index (χ0) is 14.5. The summed E-state index contributed by atoms with van der Waals surface area (Å²) >= 11 is 6.12. The van der Waals surface area contributed by atoms with Crippen LogP contribution in [0.3, 0.4) is 0 Å². The van der Waals surface area contributed by atoms with E-state index in [1.165, 1.54) is 6.42 Å². The molecule has 112 valence electrons. The minimum absolute atomic E-state index is 0.558. The third-order valence-corrected chi connectivity index (χ3v) is 4.25. The summed E-state index contributed by atoms with van der Waals surface area (Å²) in [5, 5.41) is 0.558. The zero-order valence-electron chi connectivity index (χ0n) is 12.8. The predicted octanol–water partition coefficient (Wildman–Crippen LogP) is 3.00. The Morgan fingerprint density at radius 3 is 2.50 bits per heavy atom. The number of hydrogen-bond acceptors (Lipinski definition) is 4. The van der Waals surface area contributed by atoms with E-state index < -0.39 is 0 Å². The largest absolute Gasteiger partial charge is 0.354 e. The van der Waals surface area contributed by atoms with Crippen molar-refractivity contribution in [2.45, 2.75) is 46.1 Å². The van der Waals surface area contributed by atoms with E-state index >= 15 is 0 Å².